The minimum atomic E-state index is -0.677. The summed E-state index contributed by atoms with van der Waals surface area (Å²) in [4.78, 5) is 30.4. The Bertz CT molecular complexity index is 1670. The third-order valence-electron chi connectivity index (χ3n) is 7.72. The van der Waals surface area contributed by atoms with Gasteiger partial charge in [-0.25, -0.2) is 19.9 Å². The van der Waals surface area contributed by atoms with Crippen LogP contribution in [-0.4, -0.2) is 42.1 Å². The Morgan fingerprint density at radius 1 is 0.975 bits per heavy atom. The number of rotatable bonds is 7. The Labute approximate surface area is 232 Å². The van der Waals surface area contributed by atoms with Crippen molar-refractivity contribution in [2.24, 2.45) is 11.8 Å². The zero-order valence-electron chi connectivity index (χ0n) is 22.3. The summed E-state index contributed by atoms with van der Waals surface area (Å²) in [7, 11) is 0. The van der Waals surface area contributed by atoms with Crippen LogP contribution >= 0.6 is 0 Å². The van der Waals surface area contributed by atoms with Gasteiger partial charge in [0.05, 0.1) is 28.6 Å². The number of aryl methyl sites for hydroxylation is 1. The Balaban J connectivity index is 1.36. The molecule has 1 aromatic carbocycles. The second kappa shape index (κ2) is 10.8. The SMILES string of the molecule is Cc1nc(NCC2CCC(C(=O)O)CC2)ccc1-n1c(-c2cccnc2N)nc2ccc(-c3ccccc3)nc21. The second-order valence-electron chi connectivity index (χ2n) is 10.4. The topological polar surface area (TPSA) is 132 Å². The highest BCUT2D eigenvalue weighted by Crippen LogP contribution is 2.33. The van der Waals surface area contributed by atoms with Crippen LogP contribution in [0.2, 0.25) is 0 Å². The molecule has 0 radical (unpaired) electrons. The van der Waals surface area contributed by atoms with Crippen LogP contribution in [0.1, 0.15) is 31.4 Å². The summed E-state index contributed by atoms with van der Waals surface area (Å²) in [5.74, 6) is 1.38. The summed E-state index contributed by atoms with van der Waals surface area (Å²) < 4.78 is 2.01. The number of pyridine rings is 3. The number of carbonyl (C=O) groups is 1. The van der Waals surface area contributed by atoms with E-state index in [1.54, 1.807) is 6.20 Å². The average molecular weight is 534 g/mol. The van der Waals surface area contributed by atoms with Crippen molar-refractivity contribution in [1.82, 2.24) is 24.5 Å². The molecule has 0 atom stereocenters. The fourth-order valence-electron chi connectivity index (χ4n) is 5.49. The highest BCUT2D eigenvalue weighted by atomic mass is 16.4. The summed E-state index contributed by atoms with van der Waals surface area (Å²) in [6.45, 7) is 2.74. The molecule has 0 amide bonds. The first kappa shape index (κ1) is 25.5. The van der Waals surface area contributed by atoms with Gasteiger partial charge in [0.2, 0.25) is 0 Å². The molecule has 0 unspecified atom stereocenters. The van der Waals surface area contributed by atoms with Crippen molar-refractivity contribution < 1.29 is 9.90 Å². The maximum atomic E-state index is 11.3. The quantitative estimate of drug-likeness (QED) is 0.241. The molecule has 5 aromatic rings. The van der Waals surface area contributed by atoms with Crippen molar-refractivity contribution >= 4 is 28.8 Å². The van der Waals surface area contributed by atoms with E-state index in [2.05, 4.69) is 10.3 Å². The van der Waals surface area contributed by atoms with E-state index < -0.39 is 5.97 Å². The Morgan fingerprint density at radius 3 is 2.50 bits per heavy atom. The zero-order chi connectivity index (χ0) is 27.6. The zero-order valence-corrected chi connectivity index (χ0v) is 22.3. The molecule has 1 aliphatic rings. The first-order valence-electron chi connectivity index (χ1n) is 13.6. The van der Waals surface area contributed by atoms with Crippen LogP contribution in [0.25, 0.3) is 39.5 Å². The third-order valence-corrected chi connectivity index (χ3v) is 7.72. The number of hydrogen-bond acceptors (Lipinski definition) is 7. The predicted octanol–water partition coefficient (Wildman–Crippen LogP) is 5.74. The third kappa shape index (κ3) is 4.98. The van der Waals surface area contributed by atoms with E-state index in [9.17, 15) is 9.90 Å². The smallest absolute Gasteiger partial charge is 0.306 e. The number of anilines is 2. The van der Waals surface area contributed by atoms with Crippen LogP contribution in [0.3, 0.4) is 0 Å². The van der Waals surface area contributed by atoms with Crippen LogP contribution in [-0.2, 0) is 4.79 Å². The number of carboxylic acid groups (broad SMARTS) is 1. The average Bonchev–Trinajstić information content (AvgIpc) is 3.35. The molecule has 40 heavy (non-hydrogen) atoms. The second-order valence-corrected chi connectivity index (χ2v) is 10.4. The van der Waals surface area contributed by atoms with Crippen LogP contribution in [0.15, 0.2) is 72.9 Å². The number of nitrogens with one attached hydrogen (secondary N) is 1. The lowest BCUT2D eigenvalue weighted by Gasteiger charge is -2.26. The van der Waals surface area contributed by atoms with Crippen molar-refractivity contribution in [2.45, 2.75) is 32.6 Å². The Morgan fingerprint density at radius 2 is 1.77 bits per heavy atom. The molecule has 6 rings (SSSR count). The number of nitrogens with two attached hydrogens (primary N) is 1. The first-order valence-corrected chi connectivity index (χ1v) is 13.6. The highest BCUT2D eigenvalue weighted by Gasteiger charge is 2.26. The first-order chi connectivity index (χ1) is 19.5. The lowest BCUT2D eigenvalue weighted by Crippen LogP contribution is -2.25. The summed E-state index contributed by atoms with van der Waals surface area (Å²) >= 11 is 0. The molecule has 1 aliphatic carbocycles. The van der Waals surface area contributed by atoms with E-state index in [0.29, 0.717) is 23.2 Å². The van der Waals surface area contributed by atoms with Crippen molar-refractivity contribution in [3.05, 3.63) is 78.6 Å². The fraction of sp³-hybridized carbons (Fsp3) is 0.258. The largest absolute Gasteiger partial charge is 0.481 e. The maximum Gasteiger partial charge on any atom is 0.306 e. The predicted molar refractivity (Wildman–Crippen MR) is 156 cm³/mol. The van der Waals surface area contributed by atoms with Gasteiger partial charge in [0, 0.05) is 18.3 Å². The number of carboxylic acids is 1. The van der Waals surface area contributed by atoms with Gasteiger partial charge in [-0.05, 0) is 74.9 Å². The molecule has 0 saturated heterocycles. The van der Waals surface area contributed by atoms with Crippen molar-refractivity contribution in [2.75, 3.05) is 17.6 Å². The molecule has 9 heteroatoms. The molecule has 0 aliphatic heterocycles. The van der Waals surface area contributed by atoms with Gasteiger partial charge in [0.25, 0.3) is 0 Å². The molecule has 9 nitrogen and oxygen atoms in total. The Kier molecular flexibility index (Phi) is 6.86. The van der Waals surface area contributed by atoms with Gasteiger partial charge in [-0.1, -0.05) is 30.3 Å². The summed E-state index contributed by atoms with van der Waals surface area (Å²) in [6, 6.07) is 21.8. The monoisotopic (exact) mass is 533 g/mol. The molecule has 4 N–H and O–H groups in total. The van der Waals surface area contributed by atoms with Gasteiger partial charge in [-0.2, -0.15) is 0 Å². The molecule has 1 fully saturated rings. The van der Waals surface area contributed by atoms with Crippen LogP contribution in [0.4, 0.5) is 11.6 Å². The molecule has 4 aromatic heterocycles. The molecule has 0 bridgehead atoms. The minimum absolute atomic E-state index is 0.208. The van der Waals surface area contributed by atoms with E-state index in [0.717, 1.165) is 71.8 Å². The number of nitrogen functional groups attached to an aromatic ring is 1. The molecule has 1 saturated carbocycles. The minimum Gasteiger partial charge on any atom is -0.481 e. The molecule has 4 heterocycles. The van der Waals surface area contributed by atoms with Gasteiger partial charge < -0.3 is 16.2 Å². The highest BCUT2D eigenvalue weighted by molar-refractivity contribution is 5.84. The summed E-state index contributed by atoms with van der Waals surface area (Å²) in [6.07, 6.45) is 4.96. The number of fused-ring (bicyclic) bond motifs is 1. The van der Waals surface area contributed by atoms with Gasteiger partial charge in [-0.15, -0.1) is 0 Å². The van der Waals surface area contributed by atoms with Gasteiger partial charge in [0.1, 0.15) is 17.2 Å². The van der Waals surface area contributed by atoms with E-state index in [4.69, 9.17) is 20.7 Å². The standard InChI is InChI=1S/C31H31N7O2/c1-19-26(15-16-27(35-19)34-18-20-9-11-22(12-10-20)31(39)40)38-29(23-8-5-17-33-28(23)32)37-25-14-13-24(36-30(25)38)21-6-3-2-4-7-21/h2-8,13-17,20,22H,9-12,18H2,1H3,(H2,32,33)(H,34,35)(H,39,40). The van der Waals surface area contributed by atoms with Crippen molar-refractivity contribution in [3.8, 4) is 28.3 Å². The van der Waals surface area contributed by atoms with E-state index >= 15 is 0 Å². The van der Waals surface area contributed by atoms with Crippen molar-refractivity contribution in [1.29, 1.82) is 0 Å². The Hall–Kier alpha value is -4.79. The number of hydrogen-bond donors (Lipinski definition) is 3. The summed E-state index contributed by atoms with van der Waals surface area (Å²) in [5.41, 5.74) is 12.0. The van der Waals surface area contributed by atoms with Crippen LogP contribution in [0.5, 0.6) is 0 Å². The molecule has 202 valence electrons. The molecule has 0 spiro atoms. The number of nitrogens with zero attached hydrogens (tertiary/aromatic N) is 5. The molecular formula is C31H31N7O2. The number of imidazole rings is 1. The van der Waals surface area contributed by atoms with E-state index in [-0.39, 0.29) is 5.92 Å². The van der Waals surface area contributed by atoms with Crippen LogP contribution in [0, 0.1) is 18.8 Å². The fourth-order valence-corrected chi connectivity index (χ4v) is 5.49. The van der Waals surface area contributed by atoms with Gasteiger partial charge >= 0.3 is 5.97 Å². The van der Waals surface area contributed by atoms with Gasteiger partial charge in [0.15, 0.2) is 11.5 Å². The van der Waals surface area contributed by atoms with E-state index in [1.165, 1.54) is 0 Å². The van der Waals surface area contributed by atoms with Crippen molar-refractivity contribution in [3.63, 3.8) is 0 Å². The number of aliphatic carboxylic acids is 1. The van der Waals surface area contributed by atoms with Crippen LogP contribution < -0.4 is 11.1 Å². The molecular weight excluding hydrogens is 502 g/mol. The normalized spacial score (nSPS) is 17.1. The number of aromatic nitrogens is 5. The lowest BCUT2D eigenvalue weighted by atomic mass is 9.82. The van der Waals surface area contributed by atoms with E-state index in [1.807, 2.05) is 78.2 Å². The number of benzene rings is 1. The van der Waals surface area contributed by atoms with Gasteiger partial charge in [-0.3, -0.25) is 9.36 Å². The lowest BCUT2D eigenvalue weighted by molar-refractivity contribution is -0.143. The maximum absolute atomic E-state index is 11.3. The summed E-state index contributed by atoms with van der Waals surface area (Å²) in [5, 5.41) is 12.7.